The Morgan fingerprint density at radius 3 is 2.30 bits per heavy atom. The van der Waals surface area contributed by atoms with Gasteiger partial charge in [0.25, 0.3) is 0 Å². The molecular formula is C24H30F3N3O3. The normalized spacial score (nSPS) is 19.9. The van der Waals surface area contributed by atoms with Gasteiger partial charge in [-0.3, -0.25) is 10.3 Å². The van der Waals surface area contributed by atoms with Crippen LogP contribution < -0.4 is 10.1 Å². The van der Waals surface area contributed by atoms with E-state index in [0.717, 1.165) is 51.0 Å². The number of fused-ring (bicyclic) bond motifs is 1. The lowest BCUT2D eigenvalue weighted by molar-refractivity contribution is -0.274. The van der Waals surface area contributed by atoms with Crippen molar-refractivity contribution in [1.82, 2.24) is 15.2 Å². The number of pyridine rings is 1. The van der Waals surface area contributed by atoms with E-state index in [1.54, 1.807) is 0 Å². The molecule has 33 heavy (non-hydrogen) atoms. The van der Waals surface area contributed by atoms with Crippen LogP contribution in [0, 0.1) is 5.92 Å². The van der Waals surface area contributed by atoms with Crippen molar-refractivity contribution in [2.75, 3.05) is 19.6 Å². The first kappa shape index (κ1) is 23.9. The van der Waals surface area contributed by atoms with Gasteiger partial charge in [0.15, 0.2) is 0 Å². The Kier molecular flexibility index (Phi) is 7.53. The second-order valence-corrected chi connectivity index (χ2v) is 8.99. The predicted octanol–water partition coefficient (Wildman–Crippen LogP) is 3.19. The smallest absolute Gasteiger partial charge is 0.404 e. The highest BCUT2D eigenvalue weighted by atomic mass is 19.4. The zero-order valence-electron chi connectivity index (χ0n) is 18.3. The lowest BCUT2D eigenvalue weighted by atomic mass is 10.00. The highest BCUT2D eigenvalue weighted by Crippen LogP contribution is 2.30. The van der Waals surface area contributed by atoms with Gasteiger partial charge in [0.1, 0.15) is 18.1 Å². The number of hydrogen-bond acceptors (Lipinski definition) is 6. The molecule has 9 heteroatoms. The summed E-state index contributed by atoms with van der Waals surface area (Å²) < 4.78 is 41.1. The van der Waals surface area contributed by atoms with Crippen LogP contribution in [0.2, 0.25) is 0 Å². The summed E-state index contributed by atoms with van der Waals surface area (Å²) >= 11 is 0. The topological polar surface area (TPSA) is 77.9 Å². The molecule has 1 aromatic carbocycles. The molecule has 0 radical (unpaired) electrons. The summed E-state index contributed by atoms with van der Waals surface area (Å²) in [6.07, 6.45) is -1.24. The molecule has 3 N–H and O–H groups in total. The molecule has 1 aromatic heterocycles. The minimum absolute atomic E-state index is 0.224. The quantitative estimate of drug-likeness (QED) is 0.494. The van der Waals surface area contributed by atoms with E-state index in [2.05, 4.69) is 32.1 Å². The van der Waals surface area contributed by atoms with Crippen LogP contribution in [0.15, 0.2) is 42.6 Å². The highest BCUT2D eigenvalue weighted by molar-refractivity contribution is 5.32. The van der Waals surface area contributed by atoms with Gasteiger partial charge in [-0.25, -0.2) is 0 Å². The molecule has 180 valence electrons. The summed E-state index contributed by atoms with van der Waals surface area (Å²) in [5.41, 5.74) is 2.85. The number of aromatic nitrogens is 1. The first-order valence-corrected chi connectivity index (χ1v) is 11.4. The Balaban J connectivity index is 1.40. The fraction of sp³-hybridized carbons (Fsp3) is 0.542. The maximum Gasteiger partial charge on any atom is 0.573 e. The van der Waals surface area contributed by atoms with Crippen LogP contribution in [0.3, 0.4) is 0 Å². The molecule has 4 rings (SSSR count). The predicted molar refractivity (Wildman–Crippen MR) is 116 cm³/mol. The molecular weight excluding hydrogens is 435 g/mol. The average molecular weight is 466 g/mol. The van der Waals surface area contributed by atoms with Crippen molar-refractivity contribution in [3.63, 3.8) is 0 Å². The van der Waals surface area contributed by atoms with Crippen LogP contribution in [0.4, 0.5) is 13.2 Å². The van der Waals surface area contributed by atoms with Crippen LogP contribution >= 0.6 is 0 Å². The Bertz CT molecular complexity index is 879. The standard InChI is InChI=1S/C24H30F3N3O3/c25-24(26,27)33-19-7-8-20(28-14-19)23(32)21(15-30-9-3-4-10-30)29-22(31)13-16-11-17-5-1-2-6-18(17)12-16/h1-2,5-8,14,16,21-23,29,31-32H,3-4,9-13,15H2/t21-,22?,23-/m1/s1. The van der Waals surface area contributed by atoms with Crippen LogP contribution in [-0.2, 0) is 12.8 Å². The van der Waals surface area contributed by atoms with Crippen molar-refractivity contribution in [1.29, 1.82) is 0 Å². The lowest BCUT2D eigenvalue weighted by Gasteiger charge is -2.31. The number of ether oxygens (including phenoxy) is 1. The van der Waals surface area contributed by atoms with E-state index < -0.39 is 30.5 Å². The van der Waals surface area contributed by atoms with Crippen molar-refractivity contribution < 1.29 is 28.1 Å². The van der Waals surface area contributed by atoms with E-state index in [-0.39, 0.29) is 5.69 Å². The van der Waals surface area contributed by atoms with Gasteiger partial charge in [-0.2, -0.15) is 0 Å². The Labute approximate surface area is 191 Å². The number of alkyl halides is 3. The van der Waals surface area contributed by atoms with E-state index in [4.69, 9.17) is 0 Å². The van der Waals surface area contributed by atoms with Gasteiger partial charge < -0.3 is 19.8 Å². The van der Waals surface area contributed by atoms with Gasteiger partial charge in [-0.05, 0) is 74.4 Å². The zero-order valence-corrected chi connectivity index (χ0v) is 18.3. The fourth-order valence-corrected chi connectivity index (χ4v) is 4.90. The number of halogens is 3. The number of likely N-dealkylation sites (tertiary alicyclic amines) is 1. The number of rotatable bonds is 9. The Hall–Kier alpha value is -2.20. The monoisotopic (exact) mass is 465 g/mol. The summed E-state index contributed by atoms with van der Waals surface area (Å²) in [5.74, 6) is -0.130. The summed E-state index contributed by atoms with van der Waals surface area (Å²) in [6, 6.07) is 10.2. The summed E-state index contributed by atoms with van der Waals surface area (Å²) in [6.45, 7) is 2.32. The SMILES string of the molecule is OC(CC1Cc2ccccc2C1)N[C@H](CN1CCCC1)[C@H](O)c1ccc(OC(F)(F)F)cn1. The van der Waals surface area contributed by atoms with Crippen molar-refractivity contribution in [2.24, 2.45) is 5.92 Å². The van der Waals surface area contributed by atoms with E-state index in [1.165, 1.54) is 17.2 Å². The Morgan fingerprint density at radius 2 is 1.73 bits per heavy atom. The number of nitrogens with zero attached hydrogens (tertiary/aromatic N) is 2. The molecule has 2 aliphatic rings. The van der Waals surface area contributed by atoms with Crippen LogP contribution in [0.5, 0.6) is 5.75 Å². The average Bonchev–Trinajstić information content (AvgIpc) is 3.41. The van der Waals surface area contributed by atoms with Crippen molar-refractivity contribution in [3.05, 3.63) is 59.4 Å². The van der Waals surface area contributed by atoms with Gasteiger partial charge >= 0.3 is 6.36 Å². The first-order valence-electron chi connectivity index (χ1n) is 11.4. The number of aliphatic hydroxyl groups excluding tert-OH is 2. The first-order chi connectivity index (χ1) is 15.8. The summed E-state index contributed by atoms with van der Waals surface area (Å²) in [5, 5.41) is 24.9. The van der Waals surface area contributed by atoms with Crippen molar-refractivity contribution in [2.45, 2.75) is 56.8 Å². The largest absolute Gasteiger partial charge is 0.573 e. The van der Waals surface area contributed by atoms with E-state index in [9.17, 15) is 23.4 Å². The molecule has 6 nitrogen and oxygen atoms in total. The number of aliphatic hydroxyl groups is 2. The van der Waals surface area contributed by atoms with Crippen molar-refractivity contribution in [3.8, 4) is 5.75 Å². The fourth-order valence-electron chi connectivity index (χ4n) is 4.90. The molecule has 1 unspecified atom stereocenters. The zero-order chi connectivity index (χ0) is 23.4. The van der Waals surface area contributed by atoms with E-state index in [0.29, 0.717) is 18.9 Å². The summed E-state index contributed by atoms with van der Waals surface area (Å²) in [7, 11) is 0. The molecule has 0 spiro atoms. The molecule has 2 aromatic rings. The van der Waals surface area contributed by atoms with Gasteiger partial charge in [-0.15, -0.1) is 13.2 Å². The van der Waals surface area contributed by atoms with Gasteiger partial charge in [0.05, 0.1) is 17.9 Å². The second-order valence-electron chi connectivity index (χ2n) is 8.99. The third-order valence-corrected chi connectivity index (χ3v) is 6.43. The number of hydrogen-bond donors (Lipinski definition) is 3. The van der Waals surface area contributed by atoms with Crippen molar-refractivity contribution >= 4 is 0 Å². The number of benzene rings is 1. The van der Waals surface area contributed by atoms with Crippen LogP contribution in [-0.4, -0.2) is 58.4 Å². The lowest BCUT2D eigenvalue weighted by Crippen LogP contribution is -2.49. The Morgan fingerprint density at radius 1 is 1.06 bits per heavy atom. The third-order valence-electron chi connectivity index (χ3n) is 6.43. The molecule has 1 aliphatic carbocycles. The van der Waals surface area contributed by atoms with Gasteiger partial charge in [0, 0.05) is 6.54 Å². The minimum Gasteiger partial charge on any atom is -0.404 e. The molecule has 2 heterocycles. The maximum absolute atomic E-state index is 12.4. The molecule has 1 saturated heterocycles. The van der Waals surface area contributed by atoms with Crippen LogP contribution in [0.1, 0.15) is 42.2 Å². The second kappa shape index (κ2) is 10.4. The van der Waals surface area contributed by atoms with Gasteiger partial charge in [0.2, 0.25) is 0 Å². The molecule has 0 saturated carbocycles. The molecule has 3 atom stereocenters. The number of nitrogens with one attached hydrogen (secondary N) is 1. The molecule has 1 fully saturated rings. The van der Waals surface area contributed by atoms with Gasteiger partial charge in [-0.1, -0.05) is 24.3 Å². The van der Waals surface area contributed by atoms with E-state index >= 15 is 0 Å². The van der Waals surface area contributed by atoms with E-state index in [1.807, 2.05) is 12.1 Å². The maximum atomic E-state index is 12.4. The van der Waals surface area contributed by atoms with Crippen LogP contribution in [0.25, 0.3) is 0 Å². The molecule has 1 aliphatic heterocycles. The summed E-state index contributed by atoms with van der Waals surface area (Å²) in [4.78, 5) is 6.19. The third kappa shape index (κ3) is 6.66. The highest BCUT2D eigenvalue weighted by Gasteiger charge is 2.32. The molecule has 0 amide bonds. The minimum atomic E-state index is -4.80. The molecule has 0 bridgehead atoms.